The molecular weight excluding hydrogens is 603 g/mol. The molecule has 2 aromatic rings. The van der Waals surface area contributed by atoms with E-state index in [1.807, 2.05) is 0 Å². The molecule has 2 fully saturated rings. The van der Waals surface area contributed by atoms with Crippen molar-refractivity contribution in [3.05, 3.63) is 100 Å². The van der Waals surface area contributed by atoms with Crippen LogP contribution in [0.5, 0.6) is 0 Å². The van der Waals surface area contributed by atoms with Gasteiger partial charge in [0.05, 0.1) is 8.07 Å². The Labute approximate surface area is 252 Å². The fraction of sp³-hybridized carbons (Fsp3) is 0.438. The van der Waals surface area contributed by atoms with Crippen molar-refractivity contribution in [2.75, 3.05) is 9.80 Å². The molecule has 6 rings (SSSR count). The minimum absolute atomic E-state index is 0. The Kier molecular flexibility index (Phi) is 11.1. The van der Waals surface area contributed by atoms with E-state index in [9.17, 15) is 0 Å². The SMILES string of the molecule is CC1CC2C(C=CN2c2ccccc2)C1[Si](C)(C)C1C(C)CC2C1C=CN2c1ccccc1.[CH3-].[CH3-].[Cl][Zr+2][Cl]. The van der Waals surface area contributed by atoms with Gasteiger partial charge >= 0.3 is 37.9 Å². The van der Waals surface area contributed by atoms with Crippen LogP contribution in [0.1, 0.15) is 26.7 Å². The number of halogens is 2. The summed E-state index contributed by atoms with van der Waals surface area (Å²) in [6, 6.07) is 23.4. The molecule has 0 amide bonds. The van der Waals surface area contributed by atoms with Gasteiger partial charge in [0.15, 0.2) is 0 Å². The van der Waals surface area contributed by atoms with Gasteiger partial charge in [0, 0.05) is 47.7 Å². The molecule has 204 valence electrons. The van der Waals surface area contributed by atoms with E-state index in [0.29, 0.717) is 23.9 Å². The average molecular weight is 647 g/mol. The van der Waals surface area contributed by atoms with Gasteiger partial charge in [-0.2, -0.15) is 0 Å². The fourth-order valence-corrected chi connectivity index (χ4v) is 15.0. The maximum atomic E-state index is 4.93. The molecule has 8 unspecified atom stereocenters. The molecule has 8 atom stereocenters. The Morgan fingerprint density at radius 2 is 1.03 bits per heavy atom. The summed E-state index contributed by atoms with van der Waals surface area (Å²) in [6.45, 7) is 10.6. The van der Waals surface area contributed by atoms with Crippen LogP contribution in [0.25, 0.3) is 0 Å². The number of fused-ring (bicyclic) bond motifs is 2. The van der Waals surface area contributed by atoms with Gasteiger partial charge in [-0.05, 0) is 60.0 Å². The van der Waals surface area contributed by atoms with Gasteiger partial charge in [0.2, 0.25) is 0 Å². The normalized spacial score (nSPS) is 32.5. The molecule has 6 heteroatoms. The molecule has 2 aromatic carbocycles. The Hall–Kier alpha value is -0.800. The van der Waals surface area contributed by atoms with Crippen molar-refractivity contribution in [1.29, 1.82) is 0 Å². The van der Waals surface area contributed by atoms with Gasteiger partial charge in [-0.3, -0.25) is 0 Å². The number of para-hydroxylation sites is 2. The van der Waals surface area contributed by atoms with Crippen LogP contribution in [0.2, 0.25) is 24.2 Å². The van der Waals surface area contributed by atoms with E-state index in [4.69, 9.17) is 17.0 Å². The first-order valence-corrected chi connectivity index (χ1v) is 22.9. The first-order chi connectivity index (χ1) is 17.4. The van der Waals surface area contributed by atoms with Crippen LogP contribution in [0.4, 0.5) is 11.4 Å². The van der Waals surface area contributed by atoms with Gasteiger partial charge in [-0.1, -0.05) is 75.5 Å². The van der Waals surface area contributed by atoms with Gasteiger partial charge in [-0.25, -0.2) is 0 Å². The van der Waals surface area contributed by atoms with Crippen LogP contribution in [0, 0.1) is 38.5 Å². The molecule has 0 aromatic heterocycles. The maximum absolute atomic E-state index is 4.93. The Morgan fingerprint density at radius 3 is 1.37 bits per heavy atom. The topological polar surface area (TPSA) is 6.48 Å². The molecule has 2 heterocycles. The number of nitrogens with zero attached hydrogens (tertiary/aromatic N) is 2. The molecule has 38 heavy (non-hydrogen) atoms. The van der Waals surface area contributed by atoms with Gasteiger partial charge in [-0.15, -0.1) is 0 Å². The van der Waals surface area contributed by atoms with Crippen LogP contribution in [0.3, 0.4) is 0 Å². The van der Waals surface area contributed by atoms with Crippen LogP contribution >= 0.6 is 17.0 Å². The molecule has 2 saturated carbocycles. The third kappa shape index (κ3) is 5.67. The zero-order valence-corrected chi connectivity index (χ0v) is 28.7. The standard InChI is InChI=1S/C30H38N2Si.2CH3.2ClH.Zr/c1-21-19-27-25(15-17-31(27)23-11-7-5-8-12-23)29(21)33(3,4)30-22(2)20-28-26(30)16-18-32(28)24-13-9-6-10-14-24;;;;;/h5-18,21-22,25-30H,19-20H2,1-4H3;2*1H3;2*1H;/q;2*-1;;;+4/p-2. The second-order valence-electron chi connectivity index (χ2n) is 11.8. The summed E-state index contributed by atoms with van der Waals surface area (Å²) in [6.07, 6.45) is 12.6. The zero-order chi connectivity index (χ0) is 25.4. The van der Waals surface area contributed by atoms with E-state index in [1.165, 1.54) is 24.2 Å². The monoisotopic (exact) mass is 644 g/mol. The Bertz CT molecular complexity index is 996. The Morgan fingerprint density at radius 1 is 0.684 bits per heavy atom. The van der Waals surface area contributed by atoms with Gasteiger partial charge in [0.25, 0.3) is 0 Å². The van der Waals surface area contributed by atoms with Crippen molar-refractivity contribution in [3.8, 4) is 0 Å². The van der Waals surface area contributed by atoms with Crippen LogP contribution in [-0.2, 0) is 20.8 Å². The van der Waals surface area contributed by atoms with Crippen molar-refractivity contribution in [3.63, 3.8) is 0 Å². The number of hydrogen-bond donors (Lipinski definition) is 0. The van der Waals surface area contributed by atoms with Crippen LogP contribution in [-0.4, -0.2) is 20.2 Å². The number of benzene rings is 2. The first kappa shape index (κ1) is 31.7. The summed E-state index contributed by atoms with van der Waals surface area (Å²) in [4.78, 5) is 5.16. The third-order valence-electron chi connectivity index (χ3n) is 9.65. The number of rotatable bonds is 4. The summed E-state index contributed by atoms with van der Waals surface area (Å²) >= 11 is -0.826. The average Bonchev–Trinajstić information content (AvgIpc) is 3.60. The zero-order valence-electron chi connectivity index (χ0n) is 23.8. The first-order valence-electron chi connectivity index (χ1n) is 13.4. The van der Waals surface area contributed by atoms with Crippen molar-refractivity contribution in [1.82, 2.24) is 0 Å². The predicted molar refractivity (Wildman–Crippen MR) is 168 cm³/mol. The molecule has 4 aliphatic rings. The number of anilines is 2. The third-order valence-corrected chi connectivity index (χ3v) is 15.0. The van der Waals surface area contributed by atoms with Crippen molar-refractivity contribution in [2.45, 2.75) is 62.9 Å². The fourth-order valence-electron chi connectivity index (χ4n) is 8.74. The van der Waals surface area contributed by atoms with Crippen molar-refractivity contribution < 1.29 is 20.8 Å². The second kappa shape index (κ2) is 13.2. The van der Waals surface area contributed by atoms with Gasteiger partial charge in [0.1, 0.15) is 0 Å². The summed E-state index contributed by atoms with van der Waals surface area (Å²) in [5.41, 5.74) is 4.44. The molecule has 0 radical (unpaired) electrons. The predicted octanol–water partition coefficient (Wildman–Crippen LogP) is 9.83. The second-order valence-corrected chi connectivity index (χ2v) is 20.5. The van der Waals surface area contributed by atoms with Crippen LogP contribution in [0.15, 0.2) is 85.2 Å². The molecule has 2 aliphatic carbocycles. The minimum atomic E-state index is -1.55. The van der Waals surface area contributed by atoms with Gasteiger partial charge < -0.3 is 24.7 Å². The molecule has 0 N–H and O–H groups in total. The quantitative estimate of drug-likeness (QED) is 0.241. The van der Waals surface area contributed by atoms with E-state index in [1.54, 1.807) is 0 Å². The van der Waals surface area contributed by atoms with E-state index < -0.39 is 28.9 Å². The molecule has 0 spiro atoms. The van der Waals surface area contributed by atoms with Crippen LogP contribution < -0.4 is 9.80 Å². The summed E-state index contributed by atoms with van der Waals surface area (Å²) < 4.78 is 0. The summed E-state index contributed by atoms with van der Waals surface area (Å²) in [5, 5.41) is 0. The van der Waals surface area contributed by atoms with E-state index in [0.717, 1.165) is 22.9 Å². The summed E-state index contributed by atoms with van der Waals surface area (Å²) in [7, 11) is 8.32. The molecule has 0 saturated heterocycles. The summed E-state index contributed by atoms with van der Waals surface area (Å²) in [5.74, 6) is 3.03. The van der Waals surface area contributed by atoms with E-state index in [-0.39, 0.29) is 14.9 Å². The van der Waals surface area contributed by atoms with E-state index in [2.05, 4.69) is 122 Å². The van der Waals surface area contributed by atoms with E-state index >= 15 is 0 Å². The Balaban J connectivity index is 0.000000766. The molecule has 2 aliphatic heterocycles. The molecular formula is C32H44Cl2N2SiZr. The van der Waals surface area contributed by atoms with Crippen molar-refractivity contribution in [2.24, 2.45) is 23.7 Å². The molecule has 2 nitrogen and oxygen atoms in total. The van der Waals surface area contributed by atoms with Crippen molar-refractivity contribution >= 4 is 36.5 Å². The number of hydrogen-bond acceptors (Lipinski definition) is 2. The molecule has 0 bridgehead atoms.